The number of likely N-dealkylation sites (N-methyl/N-ethyl adjacent to an activating group) is 3. The minimum absolute atomic E-state index is 0. The van der Waals surface area contributed by atoms with Crippen LogP contribution in [0.2, 0.25) is 10.0 Å². The SMILES string of the molecule is C.C.S.S.S.S.S.S.[C-]#[N+]C[C@H]1CN(c2nc(OC[C@@H]3CCCN3C)nc3c2CCN(c2cccc4cccc(C)c24)C3)CCN1C(=O)/C=C/CN1CC(F)C1.[C-]#[N+]C[C@H]1CN(c2nc(OC[C@@H]3CCCN3C)nc3c2CCN(c2cccc4cccc(Cl)c24)C3)CCN1C(=O)/C=C/CO.[C-]#[N+]C[C@H]1CN(c2nc(OC[C@@H]3CCCN3C)nc3c2CCN(c2cccc4cccc(Cl)c24)C3)CCN1C(=O)C(=C)OC. The zero-order valence-electron chi connectivity index (χ0n) is 81.4. The molecule has 0 saturated carbocycles. The predicted octanol–water partition coefficient (Wildman–Crippen LogP) is 14.3. The quantitative estimate of drug-likeness (QED) is 0.0318. The second-order valence-corrected chi connectivity index (χ2v) is 37.9. The van der Waals surface area contributed by atoms with Crippen molar-refractivity contribution >= 4 is 189 Å². The average molecular weight is 2120 g/mol. The molecule has 6 atom stereocenters. The van der Waals surface area contributed by atoms with Crippen LogP contribution >= 0.6 is 104 Å². The van der Waals surface area contributed by atoms with Crippen molar-refractivity contribution in [2.24, 2.45) is 0 Å². The molecule has 0 aliphatic carbocycles. The topological polar surface area (TPSA) is 241 Å². The summed E-state index contributed by atoms with van der Waals surface area (Å²) in [6, 6.07) is 38.7. The molecule has 0 unspecified atom stereocenters. The molecule has 30 nitrogen and oxygen atoms in total. The van der Waals surface area contributed by atoms with Crippen LogP contribution in [0.25, 0.3) is 46.9 Å². The largest absolute Gasteiger partial charge is 0.492 e. The molecule has 13 heterocycles. The number of benzene rings is 6. The molecule has 6 aromatic carbocycles. The van der Waals surface area contributed by atoms with Gasteiger partial charge in [0.15, 0.2) is 5.76 Å². The van der Waals surface area contributed by atoms with Crippen molar-refractivity contribution in [1.82, 2.24) is 64.2 Å². The number of anilines is 6. The lowest BCUT2D eigenvalue weighted by molar-refractivity contribution is -0.132. The van der Waals surface area contributed by atoms with Crippen LogP contribution in [-0.4, -0.2) is 322 Å². The van der Waals surface area contributed by atoms with Gasteiger partial charge in [0.25, 0.3) is 5.91 Å². The molecule has 776 valence electrons. The number of halogens is 3. The minimum atomic E-state index is -0.766. The molecule has 9 aromatic rings. The fourth-order valence-electron chi connectivity index (χ4n) is 21.0. The minimum Gasteiger partial charge on any atom is -0.492 e. The predicted molar refractivity (Wildman–Crippen MR) is 607 cm³/mol. The molecule has 144 heavy (non-hydrogen) atoms. The van der Waals surface area contributed by atoms with E-state index < -0.39 is 6.17 Å². The Balaban J connectivity index is 0.000000234. The van der Waals surface area contributed by atoms with Gasteiger partial charge in [0.05, 0.1) is 60.5 Å². The zero-order chi connectivity index (χ0) is 94.6. The van der Waals surface area contributed by atoms with Crippen LogP contribution in [0, 0.1) is 26.6 Å². The summed E-state index contributed by atoms with van der Waals surface area (Å²) >= 11 is 13.4. The van der Waals surface area contributed by atoms with Crippen molar-refractivity contribution in [3.8, 4) is 18.0 Å². The summed E-state index contributed by atoms with van der Waals surface area (Å²) in [6.07, 6.45) is 14.5. The summed E-state index contributed by atoms with van der Waals surface area (Å²) in [5, 5.41) is 17.4. The van der Waals surface area contributed by atoms with Crippen molar-refractivity contribution in [1.29, 1.82) is 0 Å². The number of fused-ring (bicyclic) bond motifs is 6. The number of likely N-dealkylation sites (tertiary alicyclic amines) is 4. The van der Waals surface area contributed by atoms with Crippen molar-refractivity contribution in [2.45, 2.75) is 142 Å². The summed E-state index contributed by atoms with van der Waals surface area (Å²) in [4.78, 5) is 108. The Bertz CT molecular complexity index is 6090. The third kappa shape index (κ3) is 26.9. The highest BCUT2D eigenvalue weighted by atomic mass is 35.5. The average Bonchev–Trinajstić information content (AvgIpc) is 1.35. The maximum atomic E-state index is 13.3. The van der Waals surface area contributed by atoms with Crippen molar-refractivity contribution in [2.75, 3.05) is 222 Å². The Morgan fingerprint density at radius 2 is 0.792 bits per heavy atom. The number of rotatable bonds is 25. The molecular formula is C105H141Cl2FN22O8S6. The molecular weight excluding hydrogens is 1980 g/mol. The van der Waals surface area contributed by atoms with E-state index in [1.807, 2.05) is 40.1 Å². The Morgan fingerprint density at radius 3 is 1.14 bits per heavy atom. The van der Waals surface area contributed by atoms with E-state index in [2.05, 4.69) is 178 Å². The number of aromatic nitrogens is 6. The van der Waals surface area contributed by atoms with E-state index in [-0.39, 0.29) is 164 Å². The van der Waals surface area contributed by atoms with Crippen LogP contribution in [0.3, 0.4) is 0 Å². The first-order valence-electron chi connectivity index (χ1n) is 47.7. The number of ether oxygens (including phenoxy) is 4. The molecule has 0 bridgehead atoms. The van der Waals surface area contributed by atoms with Gasteiger partial charge in [-0.3, -0.25) is 19.3 Å². The normalized spacial score (nSPS) is 20.0. The Morgan fingerprint density at radius 1 is 0.451 bits per heavy atom. The fourth-order valence-corrected chi connectivity index (χ4v) is 21.6. The number of hydrogen-bond acceptors (Lipinski definition) is 24. The van der Waals surface area contributed by atoms with E-state index in [9.17, 15) is 18.8 Å². The Kier molecular flexibility index (Phi) is 44.4. The third-order valence-electron chi connectivity index (χ3n) is 28.5. The number of methoxy groups -OCH3 is 1. The number of nitrogens with zero attached hydrogens (tertiary/aromatic N) is 22. The number of alkyl halides is 1. The van der Waals surface area contributed by atoms with Gasteiger partial charge in [-0.25, -0.2) is 24.1 Å². The fraction of sp³-hybridized carbons (Fsp3) is 0.486. The van der Waals surface area contributed by atoms with Crippen LogP contribution in [0.5, 0.6) is 18.0 Å². The van der Waals surface area contributed by atoms with Gasteiger partial charge >= 0.3 is 18.0 Å². The van der Waals surface area contributed by atoms with Gasteiger partial charge in [0, 0.05) is 178 Å². The molecule has 0 radical (unpaired) electrons. The number of aryl methyl sites for hydroxylation is 1. The first-order valence-corrected chi connectivity index (χ1v) is 48.4. The van der Waals surface area contributed by atoms with Gasteiger partial charge in [-0.05, 0) is 158 Å². The Labute approximate surface area is 899 Å². The van der Waals surface area contributed by atoms with Gasteiger partial charge in [0.2, 0.25) is 31.4 Å². The smallest absolute Gasteiger partial charge is 0.318 e. The second kappa shape index (κ2) is 54.5. The third-order valence-corrected chi connectivity index (χ3v) is 29.2. The number of carbonyl (C=O) groups excluding carboxylic acids is 3. The lowest BCUT2D eigenvalue weighted by atomic mass is 9.99. The molecule has 10 aliphatic heterocycles. The second-order valence-electron chi connectivity index (χ2n) is 37.0. The summed E-state index contributed by atoms with van der Waals surface area (Å²) in [5.41, 5.74) is 10.7. The van der Waals surface area contributed by atoms with Crippen LogP contribution in [-0.2, 0) is 58.0 Å². The van der Waals surface area contributed by atoms with E-state index in [1.54, 1.807) is 15.9 Å². The highest BCUT2D eigenvalue weighted by molar-refractivity contribution is 7.60. The van der Waals surface area contributed by atoms with E-state index in [4.69, 9.17) is 96.9 Å². The molecule has 19 rings (SSSR count). The summed E-state index contributed by atoms with van der Waals surface area (Å²) in [6.45, 7) is 44.0. The monoisotopic (exact) mass is 2120 g/mol. The number of aliphatic hydroxyl groups excluding tert-OH is 1. The molecule has 3 amide bonds. The maximum absolute atomic E-state index is 13.3. The van der Waals surface area contributed by atoms with Gasteiger partial charge in [0.1, 0.15) is 61.6 Å². The number of piperazine rings is 3. The van der Waals surface area contributed by atoms with Gasteiger partial charge < -0.3 is 97.4 Å². The van der Waals surface area contributed by atoms with Crippen molar-refractivity contribution in [3.63, 3.8) is 0 Å². The molecule has 7 fully saturated rings. The molecule has 39 heteroatoms. The van der Waals surface area contributed by atoms with Gasteiger partial charge in [-0.15, -0.1) is 0 Å². The molecule has 3 aromatic heterocycles. The highest BCUT2D eigenvalue weighted by Gasteiger charge is 2.42. The first-order chi connectivity index (χ1) is 66.2. The number of aliphatic hydroxyl groups is 1. The van der Waals surface area contributed by atoms with E-state index in [0.29, 0.717) is 154 Å². The highest BCUT2D eigenvalue weighted by Crippen LogP contribution is 2.43. The maximum Gasteiger partial charge on any atom is 0.318 e. The van der Waals surface area contributed by atoms with Crippen molar-refractivity contribution in [3.05, 3.63) is 229 Å². The van der Waals surface area contributed by atoms with E-state index >= 15 is 0 Å². The number of hydrogen-bond donors (Lipinski definition) is 1. The molecule has 1 N–H and O–H groups in total. The summed E-state index contributed by atoms with van der Waals surface area (Å²) < 4.78 is 37.2. The molecule has 7 saturated heterocycles. The van der Waals surface area contributed by atoms with E-state index in [1.165, 1.54) is 41.3 Å². The van der Waals surface area contributed by atoms with E-state index in [0.717, 1.165) is 191 Å². The lowest BCUT2D eigenvalue weighted by Crippen LogP contribution is -2.57. The van der Waals surface area contributed by atoms with Crippen LogP contribution in [0.4, 0.5) is 38.9 Å². The summed E-state index contributed by atoms with van der Waals surface area (Å²) in [5.74, 6) is 2.02. The number of carbonyl (C=O) groups is 3. The van der Waals surface area contributed by atoms with Crippen LogP contribution < -0.4 is 43.6 Å². The van der Waals surface area contributed by atoms with Crippen LogP contribution in [0.15, 0.2) is 146 Å². The zero-order valence-corrected chi connectivity index (χ0v) is 88.9. The standard InChI is InChI=1S/C37H45FN8O2.2C33H38ClN7O3.2CH4.6H2S/c1-26-8-4-9-27-10-5-12-33(35(26)27)44-17-14-31-32(24-44)40-37(48-25-29-11-6-15-42(29)3)41-36(31)45-18-19-46(30(23-45)20-39-2)34(47)13-7-16-43-21-28(38)22-43;1-22(43-4)32(42)41-17-16-40(19-25(41)18-35-2)31-26-13-15-39(29-12-6-9-23-8-5-11-27(34)30(23)29)20-28(26)36-33(37-31)44-21-24-10-7-14-38(24)3;1-35-19-25-20-40(16-17-41(25)30(43)12-6-18-42)32-26-13-15-39(29-11-4-8-23-7-3-10-27(34)31(23)29)21-28(26)36-33(37-32)44-22-24-9-5-14-38(24)2;;;;;;;;/h4-5,7-10,12-13,28-30H,6,11,14-25H2,1,3H3;5-6,8-9,11-12,24-25H,1,7,10,13-21H2,3-4H3;3-4,6-8,10-12,24-25,42H,5,9,13-22H2,2H3;2*1H4;6*1H2/b13-7+;;12-6+;;;;;;;;/t29-,30-;2*24-,25-;;;;;;;;/m000......../s1. The lowest BCUT2D eigenvalue weighted by Gasteiger charge is -2.41. The molecule has 0 spiro atoms. The van der Waals surface area contributed by atoms with Crippen molar-refractivity contribution < 1.29 is 42.8 Å². The molecule has 10 aliphatic rings. The Hall–Kier alpha value is -10.2. The van der Waals surface area contributed by atoms with Crippen LogP contribution in [0.1, 0.15) is 92.7 Å². The van der Waals surface area contributed by atoms with Gasteiger partial charge in [-0.2, -0.15) is 111 Å². The summed E-state index contributed by atoms with van der Waals surface area (Å²) in [7, 11) is 7.83. The number of amides is 3. The first kappa shape index (κ1) is 117. The van der Waals surface area contributed by atoms with Gasteiger partial charge in [-0.1, -0.05) is 136 Å².